The monoisotopic (exact) mass is 294 g/mol. The summed E-state index contributed by atoms with van der Waals surface area (Å²) in [5.41, 5.74) is 8.06. The zero-order valence-corrected chi connectivity index (χ0v) is 11.8. The lowest BCUT2D eigenvalue weighted by Crippen LogP contribution is -2.34. The number of aromatic nitrogens is 4. The number of nitrogen functional groups attached to an aromatic ring is 1. The third-order valence-corrected chi connectivity index (χ3v) is 3.77. The predicted octanol–water partition coefficient (Wildman–Crippen LogP) is 0.730. The Morgan fingerprint density at radius 3 is 2.95 bits per heavy atom. The number of anilines is 2. The quantitative estimate of drug-likeness (QED) is 0.848. The van der Waals surface area contributed by atoms with Crippen molar-refractivity contribution in [2.45, 2.75) is 26.6 Å². The van der Waals surface area contributed by atoms with E-state index in [2.05, 4.69) is 15.1 Å². The fraction of sp³-hybridized carbons (Fsp3) is 0.417. The third kappa shape index (κ3) is 2.19. The second kappa shape index (κ2) is 4.92. The van der Waals surface area contributed by atoms with Crippen LogP contribution in [0.2, 0.25) is 5.02 Å². The maximum atomic E-state index is 9.14. The summed E-state index contributed by atoms with van der Waals surface area (Å²) in [6.45, 7) is 3.83. The molecule has 106 valence electrons. The highest BCUT2D eigenvalue weighted by molar-refractivity contribution is 6.33. The maximum absolute atomic E-state index is 9.14. The van der Waals surface area contributed by atoms with Crippen LogP contribution >= 0.6 is 11.6 Å². The van der Waals surface area contributed by atoms with Crippen molar-refractivity contribution in [1.29, 1.82) is 0 Å². The second-order valence-electron chi connectivity index (χ2n) is 4.73. The lowest BCUT2D eigenvalue weighted by molar-refractivity contribution is 0.275. The molecule has 2 aromatic rings. The molecule has 0 aliphatic carbocycles. The minimum absolute atomic E-state index is 0.0552. The van der Waals surface area contributed by atoms with Crippen molar-refractivity contribution >= 4 is 23.4 Å². The molecule has 0 saturated carbocycles. The third-order valence-electron chi connectivity index (χ3n) is 3.33. The van der Waals surface area contributed by atoms with E-state index in [0.717, 1.165) is 12.2 Å². The Hall–Kier alpha value is -1.86. The molecule has 0 bridgehead atoms. The van der Waals surface area contributed by atoms with Gasteiger partial charge in [-0.1, -0.05) is 11.6 Å². The first kappa shape index (κ1) is 13.1. The van der Waals surface area contributed by atoms with Crippen molar-refractivity contribution in [2.75, 3.05) is 17.2 Å². The van der Waals surface area contributed by atoms with E-state index in [1.165, 1.54) is 0 Å². The summed E-state index contributed by atoms with van der Waals surface area (Å²) in [7, 11) is 0. The SMILES string of the molecule is Cc1nc(N)nc(N2CCn3nc(CO)cc3C2)c1Cl. The summed E-state index contributed by atoms with van der Waals surface area (Å²) in [6.07, 6.45) is 0. The van der Waals surface area contributed by atoms with E-state index in [1.54, 1.807) is 0 Å². The Labute approximate surface area is 121 Å². The zero-order chi connectivity index (χ0) is 14.3. The van der Waals surface area contributed by atoms with Gasteiger partial charge in [-0.3, -0.25) is 4.68 Å². The van der Waals surface area contributed by atoms with Gasteiger partial charge in [-0.15, -0.1) is 0 Å². The minimum atomic E-state index is -0.0552. The van der Waals surface area contributed by atoms with Crippen molar-refractivity contribution in [3.63, 3.8) is 0 Å². The molecular weight excluding hydrogens is 280 g/mol. The van der Waals surface area contributed by atoms with E-state index in [1.807, 2.05) is 22.6 Å². The van der Waals surface area contributed by atoms with Gasteiger partial charge >= 0.3 is 0 Å². The van der Waals surface area contributed by atoms with Gasteiger partial charge in [-0.25, -0.2) is 4.98 Å². The van der Waals surface area contributed by atoms with E-state index in [4.69, 9.17) is 22.4 Å². The molecule has 0 spiro atoms. The molecule has 1 aliphatic heterocycles. The number of hydrogen-bond acceptors (Lipinski definition) is 6. The number of aliphatic hydroxyl groups is 1. The van der Waals surface area contributed by atoms with E-state index >= 15 is 0 Å². The molecule has 0 atom stereocenters. The fourth-order valence-corrected chi connectivity index (χ4v) is 2.56. The molecule has 1 aliphatic rings. The molecule has 0 radical (unpaired) electrons. The Balaban J connectivity index is 1.94. The van der Waals surface area contributed by atoms with Crippen molar-refractivity contribution in [2.24, 2.45) is 0 Å². The first-order valence-corrected chi connectivity index (χ1v) is 6.67. The molecule has 0 fully saturated rings. The Morgan fingerprint density at radius 1 is 1.40 bits per heavy atom. The molecular formula is C12H15ClN6O. The summed E-state index contributed by atoms with van der Waals surface area (Å²) in [5, 5.41) is 14.0. The minimum Gasteiger partial charge on any atom is -0.390 e. The van der Waals surface area contributed by atoms with Crippen molar-refractivity contribution in [3.8, 4) is 0 Å². The summed E-state index contributed by atoms with van der Waals surface area (Å²) < 4.78 is 1.90. The topological polar surface area (TPSA) is 93.1 Å². The van der Waals surface area contributed by atoms with E-state index in [-0.39, 0.29) is 12.6 Å². The van der Waals surface area contributed by atoms with Crippen LogP contribution in [0.4, 0.5) is 11.8 Å². The van der Waals surface area contributed by atoms with Crippen molar-refractivity contribution < 1.29 is 5.11 Å². The summed E-state index contributed by atoms with van der Waals surface area (Å²) in [6, 6.07) is 1.89. The molecule has 0 saturated heterocycles. The molecule has 0 aromatic carbocycles. The smallest absolute Gasteiger partial charge is 0.222 e. The van der Waals surface area contributed by atoms with Gasteiger partial charge in [0.05, 0.1) is 36.8 Å². The van der Waals surface area contributed by atoms with Gasteiger partial charge in [0, 0.05) is 6.54 Å². The van der Waals surface area contributed by atoms with E-state index in [0.29, 0.717) is 35.3 Å². The Bertz CT molecular complexity index is 656. The standard InChI is InChI=1S/C12H15ClN6O/c1-7-10(13)11(16-12(14)15-7)18-2-3-19-9(5-18)4-8(6-20)17-19/h4,20H,2-3,5-6H2,1H3,(H2,14,15,16). The molecule has 0 amide bonds. The molecule has 0 unspecified atom stereocenters. The van der Waals surface area contributed by atoms with Crippen molar-refractivity contribution in [3.05, 3.63) is 28.2 Å². The van der Waals surface area contributed by atoms with Gasteiger partial charge in [-0.05, 0) is 13.0 Å². The molecule has 3 heterocycles. The number of halogens is 1. The van der Waals surface area contributed by atoms with Crippen LogP contribution in [0.3, 0.4) is 0 Å². The molecule has 3 rings (SSSR count). The van der Waals surface area contributed by atoms with Gasteiger partial charge in [0.2, 0.25) is 5.95 Å². The average molecular weight is 295 g/mol. The molecule has 3 N–H and O–H groups in total. The maximum Gasteiger partial charge on any atom is 0.222 e. The van der Waals surface area contributed by atoms with Crippen LogP contribution in [0.1, 0.15) is 17.1 Å². The largest absolute Gasteiger partial charge is 0.390 e. The number of aryl methyl sites for hydroxylation is 1. The number of rotatable bonds is 2. The molecule has 20 heavy (non-hydrogen) atoms. The van der Waals surface area contributed by atoms with Gasteiger partial charge in [0.1, 0.15) is 5.02 Å². The van der Waals surface area contributed by atoms with Gasteiger partial charge < -0.3 is 15.7 Å². The summed E-state index contributed by atoms with van der Waals surface area (Å²) in [4.78, 5) is 10.3. The Morgan fingerprint density at radius 2 is 2.20 bits per heavy atom. The number of aliphatic hydroxyl groups excluding tert-OH is 1. The lowest BCUT2D eigenvalue weighted by atomic mass is 10.2. The van der Waals surface area contributed by atoms with Crippen molar-refractivity contribution in [1.82, 2.24) is 19.7 Å². The molecule has 2 aromatic heterocycles. The highest BCUT2D eigenvalue weighted by Gasteiger charge is 2.22. The second-order valence-corrected chi connectivity index (χ2v) is 5.11. The van der Waals surface area contributed by atoms with Crippen LogP contribution in [0.15, 0.2) is 6.07 Å². The average Bonchev–Trinajstić information content (AvgIpc) is 2.84. The van der Waals surface area contributed by atoms with E-state index < -0.39 is 0 Å². The van der Waals surface area contributed by atoms with Gasteiger partial charge in [-0.2, -0.15) is 10.1 Å². The number of nitrogens with two attached hydrogens (primary N) is 1. The predicted molar refractivity (Wildman–Crippen MR) is 75.4 cm³/mol. The molecule has 7 nitrogen and oxygen atoms in total. The zero-order valence-electron chi connectivity index (χ0n) is 11.0. The first-order chi connectivity index (χ1) is 9.58. The number of hydrogen-bond donors (Lipinski definition) is 2. The van der Waals surface area contributed by atoms with Crippen LogP contribution in [0.5, 0.6) is 0 Å². The first-order valence-electron chi connectivity index (χ1n) is 6.29. The number of fused-ring (bicyclic) bond motifs is 1. The van der Waals surface area contributed by atoms with Crippen LogP contribution in [-0.4, -0.2) is 31.4 Å². The van der Waals surface area contributed by atoms with Crippen LogP contribution in [0, 0.1) is 6.92 Å². The fourth-order valence-electron chi connectivity index (χ4n) is 2.36. The van der Waals surface area contributed by atoms with Gasteiger partial charge in [0.15, 0.2) is 5.82 Å². The van der Waals surface area contributed by atoms with Crippen LogP contribution in [-0.2, 0) is 19.7 Å². The highest BCUT2D eigenvalue weighted by atomic mass is 35.5. The summed E-state index contributed by atoms with van der Waals surface area (Å²) in [5.74, 6) is 0.867. The Kier molecular flexibility index (Phi) is 3.23. The normalized spacial score (nSPS) is 14.4. The van der Waals surface area contributed by atoms with Crippen LogP contribution in [0.25, 0.3) is 0 Å². The highest BCUT2D eigenvalue weighted by Crippen LogP contribution is 2.29. The number of nitrogens with zero attached hydrogens (tertiary/aromatic N) is 5. The van der Waals surface area contributed by atoms with Crippen LogP contribution < -0.4 is 10.6 Å². The van der Waals surface area contributed by atoms with Gasteiger partial charge in [0.25, 0.3) is 0 Å². The van der Waals surface area contributed by atoms with E-state index in [9.17, 15) is 0 Å². The lowest BCUT2D eigenvalue weighted by Gasteiger charge is -2.29. The summed E-state index contributed by atoms with van der Waals surface area (Å²) >= 11 is 6.27. The molecule has 8 heteroatoms.